The number of hydrogen-bond donors (Lipinski definition) is 0. The lowest BCUT2D eigenvalue weighted by atomic mass is 10.1. The standard InChI is InChI=1S/C9H20O2/c1-7(2)9(10-5)6-11-8(3)4/h7-9H,6H2,1-5H3. The van der Waals surface area contributed by atoms with Crippen LogP contribution in [-0.4, -0.2) is 25.9 Å². The van der Waals surface area contributed by atoms with Gasteiger partial charge in [-0.05, 0) is 19.8 Å². The minimum atomic E-state index is 0.234. The van der Waals surface area contributed by atoms with Crippen molar-refractivity contribution in [2.24, 2.45) is 5.92 Å². The summed E-state index contributed by atoms with van der Waals surface area (Å²) in [5.41, 5.74) is 0. The van der Waals surface area contributed by atoms with Crippen LogP contribution in [0.5, 0.6) is 0 Å². The van der Waals surface area contributed by atoms with Crippen LogP contribution >= 0.6 is 0 Å². The van der Waals surface area contributed by atoms with Gasteiger partial charge in [0.15, 0.2) is 0 Å². The summed E-state index contributed by atoms with van der Waals surface area (Å²) in [4.78, 5) is 0. The van der Waals surface area contributed by atoms with Crippen molar-refractivity contribution in [3.63, 3.8) is 0 Å². The van der Waals surface area contributed by atoms with Crippen molar-refractivity contribution in [3.05, 3.63) is 0 Å². The van der Waals surface area contributed by atoms with Gasteiger partial charge < -0.3 is 9.47 Å². The molecule has 0 spiro atoms. The van der Waals surface area contributed by atoms with Gasteiger partial charge in [0.2, 0.25) is 0 Å². The second-order valence-corrected chi connectivity index (χ2v) is 3.40. The molecule has 0 aromatic carbocycles. The molecular weight excluding hydrogens is 140 g/mol. The van der Waals surface area contributed by atoms with Gasteiger partial charge in [-0.15, -0.1) is 0 Å². The molecule has 0 aromatic heterocycles. The van der Waals surface area contributed by atoms with E-state index in [2.05, 4.69) is 13.8 Å². The molecule has 1 atom stereocenters. The van der Waals surface area contributed by atoms with Crippen LogP contribution < -0.4 is 0 Å². The number of hydrogen-bond acceptors (Lipinski definition) is 2. The van der Waals surface area contributed by atoms with Crippen LogP contribution in [0.15, 0.2) is 0 Å². The maximum absolute atomic E-state index is 5.43. The highest BCUT2D eigenvalue weighted by atomic mass is 16.5. The van der Waals surface area contributed by atoms with E-state index in [0.717, 1.165) is 0 Å². The normalized spacial score (nSPS) is 14.5. The topological polar surface area (TPSA) is 18.5 Å². The number of methoxy groups -OCH3 is 1. The molecule has 2 heteroatoms. The average Bonchev–Trinajstić information content (AvgIpc) is 1.87. The zero-order chi connectivity index (χ0) is 8.85. The largest absolute Gasteiger partial charge is 0.379 e. The fourth-order valence-electron chi connectivity index (χ4n) is 0.820. The molecular formula is C9H20O2. The Bertz CT molecular complexity index is 89.6. The van der Waals surface area contributed by atoms with Crippen LogP contribution in [0, 0.1) is 5.92 Å². The van der Waals surface area contributed by atoms with E-state index in [0.29, 0.717) is 18.6 Å². The Morgan fingerprint density at radius 2 is 1.64 bits per heavy atom. The van der Waals surface area contributed by atoms with Crippen LogP contribution in [0.2, 0.25) is 0 Å². The van der Waals surface area contributed by atoms with Gasteiger partial charge in [-0.3, -0.25) is 0 Å². The molecule has 0 amide bonds. The molecule has 11 heavy (non-hydrogen) atoms. The third-order valence-corrected chi connectivity index (χ3v) is 1.64. The quantitative estimate of drug-likeness (QED) is 0.613. The Morgan fingerprint density at radius 3 is 1.91 bits per heavy atom. The first-order valence-electron chi connectivity index (χ1n) is 4.22. The Kier molecular flexibility index (Phi) is 5.51. The molecule has 0 aliphatic carbocycles. The summed E-state index contributed by atoms with van der Waals surface area (Å²) >= 11 is 0. The third-order valence-electron chi connectivity index (χ3n) is 1.64. The van der Waals surface area contributed by atoms with E-state index < -0.39 is 0 Å². The zero-order valence-electron chi connectivity index (χ0n) is 8.26. The molecule has 0 heterocycles. The van der Waals surface area contributed by atoms with E-state index in [9.17, 15) is 0 Å². The monoisotopic (exact) mass is 160 g/mol. The molecule has 0 aliphatic heterocycles. The van der Waals surface area contributed by atoms with E-state index in [-0.39, 0.29) is 6.10 Å². The van der Waals surface area contributed by atoms with Crippen molar-refractivity contribution in [2.45, 2.75) is 39.9 Å². The second kappa shape index (κ2) is 5.56. The molecule has 0 bridgehead atoms. The fraction of sp³-hybridized carbons (Fsp3) is 1.00. The van der Waals surface area contributed by atoms with Gasteiger partial charge in [0.25, 0.3) is 0 Å². The van der Waals surface area contributed by atoms with Gasteiger partial charge in [0, 0.05) is 7.11 Å². The molecule has 0 radical (unpaired) electrons. The van der Waals surface area contributed by atoms with Crippen LogP contribution in [0.4, 0.5) is 0 Å². The van der Waals surface area contributed by atoms with E-state index in [1.807, 2.05) is 13.8 Å². The molecule has 0 saturated carbocycles. The molecule has 0 aromatic rings. The summed E-state index contributed by atoms with van der Waals surface area (Å²) in [6, 6.07) is 0. The van der Waals surface area contributed by atoms with E-state index in [1.54, 1.807) is 7.11 Å². The van der Waals surface area contributed by atoms with Gasteiger partial charge in [0.05, 0.1) is 18.8 Å². The molecule has 0 N–H and O–H groups in total. The van der Waals surface area contributed by atoms with Gasteiger partial charge in [-0.25, -0.2) is 0 Å². The first-order valence-corrected chi connectivity index (χ1v) is 4.22. The summed E-state index contributed by atoms with van der Waals surface area (Å²) in [6.07, 6.45) is 0.531. The highest BCUT2D eigenvalue weighted by Gasteiger charge is 2.12. The lowest BCUT2D eigenvalue weighted by molar-refractivity contribution is -0.0348. The van der Waals surface area contributed by atoms with Crippen molar-refractivity contribution >= 4 is 0 Å². The van der Waals surface area contributed by atoms with Crippen molar-refractivity contribution < 1.29 is 9.47 Å². The van der Waals surface area contributed by atoms with Gasteiger partial charge in [-0.2, -0.15) is 0 Å². The smallest absolute Gasteiger partial charge is 0.0827 e. The molecule has 0 rings (SSSR count). The lowest BCUT2D eigenvalue weighted by Gasteiger charge is -2.20. The van der Waals surface area contributed by atoms with Crippen LogP contribution in [0.1, 0.15) is 27.7 Å². The highest BCUT2D eigenvalue weighted by molar-refractivity contribution is 4.60. The molecule has 0 fully saturated rings. The van der Waals surface area contributed by atoms with E-state index in [1.165, 1.54) is 0 Å². The molecule has 2 nitrogen and oxygen atoms in total. The fourth-order valence-corrected chi connectivity index (χ4v) is 0.820. The third kappa shape index (κ3) is 5.22. The minimum Gasteiger partial charge on any atom is -0.379 e. The summed E-state index contributed by atoms with van der Waals surface area (Å²) in [5, 5.41) is 0. The molecule has 0 aliphatic rings. The van der Waals surface area contributed by atoms with E-state index in [4.69, 9.17) is 9.47 Å². The van der Waals surface area contributed by atoms with Crippen LogP contribution in [-0.2, 0) is 9.47 Å². The molecule has 0 saturated heterocycles. The van der Waals surface area contributed by atoms with Gasteiger partial charge in [0.1, 0.15) is 0 Å². The second-order valence-electron chi connectivity index (χ2n) is 3.40. The van der Waals surface area contributed by atoms with E-state index >= 15 is 0 Å². The zero-order valence-corrected chi connectivity index (χ0v) is 8.26. The predicted molar refractivity (Wildman–Crippen MR) is 46.7 cm³/mol. The van der Waals surface area contributed by atoms with Gasteiger partial charge in [-0.1, -0.05) is 13.8 Å². The summed E-state index contributed by atoms with van der Waals surface area (Å²) in [6.45, 7) is 9.04. The van der Waals surface area contributed by atoms with Crippen LogP contribution in [0.25, 0.3) is 0 Å². The van der Waals surface area contributed by atoms with Crippen molar-refractivity contribution in [1.82, 2.24) is 0 Å². The van der Waals surface area contributed by atoms with Crippen molar-refractivity contribution in [2.75, 3.05) is 13.7 Å². The number of ether oxygens (including phenoxy) is 2. The summed E-state index contributed by atoms with van der Waals surface area (Å²) in [7, 11) is 1.73. The van der Waals surface area contributed by atoms with Gasteiger partial charge >= 0.3 is 0 Å². The maximum Gasteiger partial charge on any atom is 0.0827 e. The Labute approximate surface area is 69.9 Å². The minimum absolute atomic E-state index is 0.234. The Balaban J connectivity index is 3.52. The van der Waals surface area contributed by atoms with Crippen molar-refractivity contribution in [3.8, 4) is 0 Å². The number of rotatable bonds is 5. The summed E-state index contributed by atoms with van der Waals surface area (Å²) < 4.78 is 10.7. The highest BCUT2D eigenvalue weighted by Crippen LogP contribution is 2.06. The van der Waals surface area contributed by atoms with Crippen molar-refractivity contribution in [1.29, 1.82) is 0 Å². The first-order chi connectivity index (χ1) is 5.07. The summed E-state index contributed by atoms with van der Waals surface area (Å²) in [5.74, 6) is 0.527. The lowest BCUT2D eigenvalue weighted by Crippen LogP contribution is -2.25. The Hall–Kier alpha value is -0.0800. The average molecular weight is 160 g/mol. The van der Waals surface area contributed by atoms with Crippen LogP contribution in [0.3, 0.4) is 0 Å². The predicted octanol–water partition coefficient (Wildman–Crippen LogP) is 2.08. The molecule has 1 unspecified atom stereocenters. The molecule has 68 valence electrons. The maximum atomic E-state index is 5.43. The first kappa shape index (κ1) is 10.9. The SMILES string of the molecule is COC(COC(C)C)C(C)C. The Morgan fingerprint density at radius 1 is 1.09 bits per heavy atom.